The zero-order valence-corrected chi connectivity index (χ0v) is 8.23. The SMILES string of the molecule is COC(=O)CCCCCCO[N+](=O)[O-]. The first-order valence-electron chi connectivity index (χ1n) is 4.51. The van der Waals surface area contributed by atoms with Crippen molar-refractivity contribution in [1.82, 2.24) is 0 Å². The number of ether oxygens (including phenoxy) is 1. The van der Waals surface area contributed by atoms with Crippen LogP contribution in [0.3, 0.4) is 0 Å². The van der Waals surface area contributed by atoms with Gasteiger partial charge in [-0.3, -0.25) is 4.79 Å². The minimum absolute atomic E-state index is 0.130. The van der Waals surface area contributed by atoms with Gasteiger partial charge in [0.25, 0.3) is 5.09 Å². The van der Waals surface area contributed by atoms with Crippen molar-refractivity contribution in [2.24, 2.45) is 0 Å². The summed E-state index contributed by atoms with van der Waals surface area (Å²) in [5, 5.41) is 8.94. The normalized spacial score (nSPS) is 9.50. The van der Waals surface area contributed by atoms with Gasteiger partial charge in [-0.25, -0.2) is 0 Å². The van der Waals surface area contributed by atoms with Crippen LogP contribution < -0.4 is 0 Å². The summed E-state index contributed by atoms with van der Waals surface area (Å²) in [6, 6.07) is 0. The van der Waals surface area contributed by atoms with Gasteiger partial charge in [0.1, 0.15) is 0 Å². The highest BCUT2D eigenvalue weighted by atomic mass is 16.9. The summed E-state index contributed by atoms with van der Waals surface area (Å²) in [7, 11) is 1.35. The van der Waals surface area contributed by atoms with Crippen LogP contribution in [-0.4, -0.2) is 24.8 Å². The minimum Gasteiger partial charge on any atom is -0.469 e. The molecule has 0 aliphatic heterocycles. The van der Waals surface area contributed by atoms with Crippen molar-refractivity contribution >= 4 is 5.97 Å². The van der Waals surface area contributed by atoms with Gasteiger partial charge in [0.2, 0.25) is 0 Å². The molecule has 0 aromatic carbocycles. The maximum Gasteiger partial charge on any atom is 0.305 e. The largest absolute Gasteiger partial charge is 0.469 e. The zero-order valence-electron chi connectivity index (χ0n) is 8.23. The van der Waals surface area contributed by atoms with E-state index in [1.165, 1.54) is 7.11 Å². The second-order valence-electron chi connectivity index (χ2n) is 2.80. The van der Waals surface area contributed by atoms with Crippen molar-refractivity contribution in [3.63, 3.8) is 0 Å². The number of methoxy groups -OCH3 is 1. The monoisotopic (exact) mass is 205 g/mol. The quantitative estimate of drug-likeness (QED) is 0.258. The lowest BCUT2D eigenvalue weighted by molar-refractivity contribution is -0.757. The van der Waals surface area contributed by atoms with E-state index < -0.39 is 5.09 Å². The molecule has 0 saturated heterocycles. The van der Waals surface area contributed by atoms with Gasteiger partial charge in [-0.2, -0.15) is 0 Å². The Morgan fingerprint density at radius 2 is 1.93 bits per heavy atom. The molecular weight excluding hydrogens is 190 g/mol. The molecule has 0 radical (unpaired) electrons. The topological polar surface area (TPSA) is 78.7 Å². The Morgan fingerprint density at radius 1 is 1.29 bits per heavy atom. The average Bonchev–Trinajstić information content (AvgIpc) is 2.15. The molecule has 0 heterocycles. The molecule has 0 aliphatic rings. The van der Waals surface area contributed by atoms with Crippen LogP contribution >= 0.6 is 0 Å². The fourth-order valence-electron chi connectivity index (χ4n) is 0.966. The number of carbonyl (C=O) groups is 1. The lowest BCUT2D eigenvalue weighted by Crippen LogP contribution is -2.02. The highest BCUT2D eigenvalue weighted by Crippen LogP contribution is 2.03. The Hall–Kier alpha value is -1.33. The highest BCUT2D eigenvalue weighted by Gasteiger charge is 1.99. The van der Waals surface area contributed by atoms with Crippen LogP contribution in [-0.2, 0) is 14.4 Å². The molecule has 82 valence electrons. The molecule has 6 nitrogen and oxygen atoms in total. The molecule has 14 heavy (non-hydrogen) atoms. The number of esters is 1. The summed E-state index contributed by atoms with van der Waals surface area (Å²) >= 11 is 0. The highest BCUT2D eigenvalue weighted by molar-refractivity contribution is 5.68. The summed E-state index contributed by atoms with van der Waals surface area (Å²) in [5.41, 5.74) is 0. The zero-order chi connectivity index (χ0) is 10.8. The van der Waals surface area contributed by atoms with E-state index in [2.05, 4.69) is 9.57 Å². The fourth-order valence-corrected chi connectivity index (χ4v) is 0.966. The average molecular weight is 205 g/mol. The van der Waals surface area contributed by atoms with Gasteiger partial charge in [-0.05, 0) is 12.8 Å². The lowest BCUT2D eigenvalue weighted by atomic mass is 10.1. The van der Waals surface area contributed by atoms with Crippen molar-refractivity contribution in [2.45, 2.75) is 32.1 Å². The van der Waals surface area contributed by atoms with Crippen LogP contribution in [0.25, 0.3) is 0 Å². The van der Waals surface area contributed by atoms with Gasteiger partial charge in [-0.15, -0.1) is 10.1 Å². The van der Waals surface area contributed by atoms with E-state index in [-0.39, 0.29) is 12.6 Å². The van der Waals surface area contributed by atoms with E-state index in [4.69, 9.17) is 0 Å². The molecule has 0 unspecified atom stereocenters. The predicted molar refractivity (Wildman–Crippen MR) is 48.0 cm³/mol. The Labute approximate surface area is 82.3 Å². The summed E-state index contributed by atoms with van der Waals surface area (Å²) in [6.07, 6.45) is 3.49. The molecule has 6 heteroatoms. The van der Waals surface area contributed by atoms with E-state index >= 15 is 0 Å². The van der Waals surface area contributed by atoms with Crippen molar-refractivity contribution < 1.29 is 19.5 Å². The number of hydrogen-bond donors (Lipinski definition) is 0. The Balaban J connectivity index is 3.06. The molecule has 0 bridgehead atoms. The number of rotatable bonds is 8. The van der Waals surface area contributed by atoms with Crippen LogP contribution in [0.2, 0.25) is 0 Å². The van der Waals surface area contributed by atoms with Gasteiger partial charge in [0.15, 0.2) is 0 Å². The summed E-state index contributed by atoms with van der Waals surface area (Å²) in [5.74, 6) is -0.216. The van der Waals surface area contributed by atoms with E-state index in [9.17, 15) is 14.9 Å². The molecule has 0 atom stereocenters. The first kappa shape index (κ1) is 12.7. The first-order valence-corrected chi connectivity index (χ1v) is 4.51. The molecule has 0 spiro atoms. The van der Waals surface area contributed by atoms with Crippen molar-refractivity contribution in [3.05, 3.63) is 10.1 Å². The fraction of sp³-hybridized carbons (Fsp3) is 0.875. The Morgan fingerprint density at radius 3 is 2.50 bits per heavy atom. The third-order valence-corrected chi connectivity index (χ3v) is 1.70. The minimum atomic E-state index is -0.797. The maximum atomic E-state index is 10.7. The third kappa shape index (κ3) is 8.76. The van der Waals surface area contributed by atoms with Crippen LogP contribution in [0, 0.1) is 10.1 Å². The lowest BCUT2D eigenvalue weighted by Gasteiger charge is -2.00. The van der Waals surface area contributed by atoms with E-state index in [1.54, 1.807) is 0 Å². The molecule has 0 amide bonds. The number of hydrogen-bond acceptors (Lipinski definition) is 5. The Bertz CT molecular complexity index is 183. The van der Waals surface area contributed by atoms with Crippen LogP contribution in [0.1, 0.15) is 32.1 Å². The first-order chi connectivity index (χ1) is 6.66. The van der Waals surface area contributed by atoms with Crippen LogP contribution in [0.15, 0.2) is 0 Å². The number of nitrogens with zero attached hydrogens (tertiary/aromatic N) is 1. The van der Waals surface area contributed by atoms with Crippen LogP contribution in [0.4, 0.5) is 0 Å². The summed E-state index contributed by atoms with van der Waals surface area (Å²) in [6.45, 7) is 0.130. The molecule has 0 N–H and O–H groups in total. The third-order valence-electron chi connectivity index (χ3n) is 1.70. The standard InChI is InChI=1S/C8H15NO5/c1-13-8(10)6-4-2-3-5-7-14-9(11)12/h2-7H2,1H3. The van der Waals surface area contributed by atoms with E-state index in [0.717, 1.165) is 19.3 Å². The van der Waals surface area contributed by atoms with E-state index in [0.29, 0.717) is 12.8 Å². The molecule has 0 aliphatic carbocycles. The second kappa shape index (κ2) is 8.28. The molecule has 0 aromatic heterocycles. The predicted octanol–water partition coefficient (Wildman–Crippen LogP) is 1.32. The number of carbonyl (C=O) groups excluding carboxylic acids is 1. The van der Waals surface area contributed by atoms with Gasteiger partial charge in [0.05, 0.1) is 13.7 Å². The summed E-state index contributed by atoms with van der Waals surface area (Å²) < 4.78 is 4.46. The van der Waals surface area contributed by atoms with E-state index in [1.807, 2.05) is 0 Å². The molecular formula is C8H15NO5. The Kier molecular flexibility index (Phi) is 7.49. The van der Waals surface area contributed by atoms with Crippen molar-refractivity contribution in [2.75, 3.05) is 13.7 Å². The van der Waals surface area contributed by atoms with Gasteiger partial charge < -0.3 is 9.57 Å². The summed E-state index contributed by atoms with van der Waals surface area (Å²) in [4.78, 5) is 24.5. The molecule has 0 fully saturated rings. The van der Waals surface area contributed by atoms with Gasteiger partial charge >= 0.3 is 5.97 Å². The van der Waals surface area contributed by atoms with Crippen molar-refractivity contribution in [3.8, 4) is 0 Å². The smallest absolute Gasteiger partial charge is 0.305 e. The van der Waals surface area contributed by atoms with Crippen molar-refractivity contribution in [1.29, 1.82) is 0 Å². The van der Waals surface area contributed by atoms with Gasteiger partial charge in [-0.1, -0.05) is 12.8 Å². The van der Waals surface area contributed by atoms with Crippen LogP contribution in [0.5, 0.6) is 0 Å². The molecule has 0 saturated carbocycles. The molecule has 0 rings (SSSR count). The van der Waals surface area contributed by atoms with Gasteiger partial charge in [0, 0.05) is 6.42 Å². The second-order valence-corrected chi connectivity index (χ2v) is 2.80. The maximum absolute atomic E-state index is 10.7. The molecule has 0 aromatic rings. The number of unbranched alkanes of at least 4 members (excludes halogenated alkanes) is 3.